The summed E-state index contributed by atoms with van der Waals surface area (Å²) in [5.74, 6) is 0.758. The zero-order valence-electron chi connectivity index (χ0n) is 9.08. The second kappa shape index (κ2) is 8.12. The summed E-state index contributed by atoms with van der Waals surface area (Å²) < 4.78 is 5.09. The summed E-state index contributed by atoms with van der Waals surface area (Å²) in [6.45, 7) is 6.22. The van der Waals surface area contributed by atoms with Crippen molar-refractivity contribution in [3.63, 3.8) is 0 Å². The van der Waals surface area contributed by atoms with Crippen molar-refractivity contribution in [3.8, 4) is 11.8 Å². The van der Waals surface area contributed by atoms with Crippen LogP contribution >= 0.6 is 0 Å². The zero-order valence-corrected chi connectivity index (χ0v) is 9.08. The van der Waals surface area contributed by atoms with E-state index in [9.17, 15) is 0 Å². The quantitative estimate of drug-likeness (QED) is 0.735. The lowest BCUT2D eigenvalue weighted by Gasteiger charge is -2.01. The van der Waals surface area contributed by atoms with Crippen molar-refractivity contribution in [1.29, 1.82) is 5.26 Å². The number of hydrogen-bond donors (Lipinski definition) is 0. The van der Waals surface area contributed by atoms with Crippen LogP contribution in [0.4, 0.5) is 0 Å². The van der Waals surface area contributed by atoms with Gasteiger partial charge in [-0.25, -0.2) is 0 Å². The van der Waals surface area contributed by atoms with E-state index in [1.165, 1.54) is 5.56 Å². The minimum absolute atomic E-state index is 0.117. The molecule has 0 amide bonds. The Morgan fingerprint density at radius 2 is 1.79 bits per heavy atom. The number of ether oxygens (including phenoxy) is 1. The molecule has 1 aromatic rings. The van der Waals surface area contributed by atoms with E-state index < -0.39 is 0 Å². The third kappa shape index (κ3) is 4.51. The van der Waals surface area contributed by atoms with Gasteiger partial charge in [0.1, 0.15) is 11.8 Å². The van der Waals surface area contributed by atoms with Crippen LogP contribution in [0.15, 0.2) is 24.3 Å². The molecule has 76 valence electrons. The van der Waals surface area contributed by atoms with Crippen LogP contribution in [0.1, 0.15) is 26.3 Å². The lowest BCUT2D eigenvalue weighted by molar-refractivity contribution is 0.368. The molecule has 0 aliphatic rings. The second-order valence-electron chi connectivity index (χ2n) is 2.44. The smallest absolute Gasteiger partial charge is 0.174 e. The standard InChI is InChI=1S/C10H11NO.C2H6/c1-2-9-3-5-10(6-4-9)12-8-7-11;1-2/h3-6H,2,8H2,1H3;1-2H3. The summed E-state index contributed by atoms with van der Waals surface area (Å²) >= 11 is 0. The first-order valence-corrected chi connectivity index (χ1v) is 4.95. The van der Waals surface area contributed by atoms with E-state index in [0.29, 0.717) is 0 Å². The van der Waals surface area contributed by atoms with Crippen LogP contribution in [0.3, 0.4) is 0 Å². The largest absolute Gasteiger partial charge is 0.479 e. The fraction of sp³-hybridized carbons (Fsp3) is 0.417. The maximum absolute atomic E-state index is 8.25. The molecule has 0 aliphatic heterocycles. The summed E-state index contributed by atoms with van der Waals surface area (Å²) in [7, 11) is 0. The van der Waals surface area contributed by atoms with Crippen molar-refractivity contribution in [3.05, 3.63) is 29.8 Å². The molecular weight excluding hydrogens is 174 g/mol. The molecule has 0 spiro atoms. The average molecular weight is 191 g/mol. The Labute approximate surface area is 86.1 Å². The Balaban J connectivity index is 0.000000791. The summed E-state index contributed by atoms with van der Waals surface area (Å²) in [4.78, 5) is 0. The molecule has 0 heterocycles. The van der Waals surface area contributed by atoms with E-state index in [1.54, 1.807) is 0 Å². The highest BCUT2D eigenvalue weighted by molar-refractivity contribution is 5.27. The van der Waals surface area contributed by atoms with Crippen molar-refractivity contribution in [1.82, 2.24) is 0 Å². The van der Waals surface area contributed by atoms with Gasteiger partial charge in [-0.15, -0.1) is 0 Å². The van der Waals surface area contributed by atoms with Crippen LogP contribution in [0, 0.1) is 11.3 Å². The number of hydrogen-bond acceptors (Lipinski definition) is 2. The summed E-state index contributed by atoms with van der Waals surface area (Å²) in [5.41, 5.74) is 1.28. The third-order valence-electron chi connectivity index (χ3n) is 1.63. The van der Waals surface area contributed by atoms with Crippen molar-refractivity contribution < 1.29 is 4.74 Å². The summed E-state index contributed by atoms with van der Waals surface area (Å²) in [6.07, 6.45) is 1.03. The maximum Gasteiger partial charge on any atom is 0.174 e. The van der Waals surface area contributed by atoms with Gasteiger partial charge in [0.25, 0.3) is 0 Å². The van der Waals surface area contributed by atoms with E-state index >= 15 is 0 Å². The molecule has 2 heteroatoms. The number of nitrogens with zero attached hydrogens (tertiary/aromatic N) is 1. The molecule has 0 radical (unpaired) electrons. The van der Waals surface area contributed by atoms with Crippen molar-refractivity contribution >= 4 is 0 Å². The lowest BCUT2D eigenvalue weighted by Crippen LogP contribution is -1.92. The van der Waals surface area contributed by atoms with E-state index in [4.69, 9.17) is 10.00 Å². The molecule has 1 rings (SSSR count). The fourth-order valence-corrected chi connectivity index (χ4v) is 0.937. The monoisotopic (exact) mass is 191 g/mol. The van der Waals surface area contributed by atoms with E-state index in [2.05, 4.69) is 6.92 Å². The Morgan fingerprint density at radius 3 is 2.21 bits per heavy atom. The van der Waals surface area contributed by atoms with Crippen LogP contribution in [0.25, 0.3) is 0 Å². The van der Waals surface area contributed by atoms with E-state index in [-0.39, 0.29) is 6.61 Å². The topological polar surface area (TPSA) is 33.0 Å². The Bertz CT molecular complexity index is 271. The number of benzene rings is 1. The Kier molecular flexibility index (Phi) is 7.26. The highest BCUT2D eigenvalue weighted by atomic mass is 16.5. The van der Waals surface area contributed by atoms with Gasteiger partial charge in [0.15, 0.2) is 6.61 Å². The van der Waals surface area contributed by atoms with Crippen LogP contribution in [-0.2, 0) is 6.42 Å². The fourth-order valence-electron chi connectivity index (χ4n) is 0.937. The van der Waals surface area contributed by atoms with Crippen molar-refractivity contribution in [2.24, 2.45) is 0 Å². The molecule has 0 aliphatic carbocycles. The summed E-state index contributed by atoms with van der Waals surface area (Å²) in [5, 5.41) is 8.25. The number of aryl methyl sites for hydroxylation is 1. The van der Waals surface area contributed by atoms with Crippen LogP contribution in [-0.4, -0.2) is 6.61 Å². The summed E-state index contributed by atoms with van der Waals surface area (Å²) in [6, 6.07) is 9.71. The number of rotatable bonds is 3. The molecular formula is C12H17NO. The third-order valence-corrected chi connectivity index (χ3v) is 1.63. The molecule has 2 nitrogen and oxygen atoms in total. The first-order chi connectivity index (χ1) is 6.86. The molecule has 14 heavy (non-hydrogen) atoms. The van der Waals surface area contributed by atoms with Gasteiger partial charge in [0.05, 0.1) is 0 Å². The average Bonchev–Trinajstić information content (AvgIpc) is 2.30. The molecule has 0 saturated heterocycles. The SMILES string of the molecule is CC.CCc1ccc(OCC#N)cc1. The minimum atomic E-state index is 0.117. The van der Waals surface area contributed by atoms with Gasteiger partial charge in [-0.1, -0.05) is 32.9 Å². The minimum Gasteiger partial charge on any atom is -0.479 e. The van der Waals surface area contributed by atoms with Gasteiger partial charge >= 0.3 is 0 Å². The zero-order chi connectivity index (χ0) is 10.8. The first kappa shape index (κ1) is 12.5. The van der Waals surface area contributed by atoms with E-state index in [0.717, 1.165) is 12.2 Å². The molecule has 0 bridgehead atoms. The molecule has 0 aromatic heterocycles. The number of nitriles is 1. The first-order valence-electron chi connectivity index (χ1n) is 4.95. The highest BCUT2D eigenvalue weighted by Gasteiger charge is 1.92. The van der Waals surface area contributed by atoms with Crippen LogP contribution < -0.4 is 4.74 Å². The highest BCUT2D eigenvalue weighted by Crippen LogP contribution is 2.11. The van der Waals surface area contributed by atoms with E-state index in [1.807, 2.05) is 44.2 Å². The van der Waals surface area contributed by atoms with Gasteiger partial charge in [0, 0.05) is 0 Å². The molecule has 0 unspecified atom stereocenters. The normalized spacial score (nSPS) is 8.14. The molecule has 0 fully saturated rings. The predicted octanol–water partition coefficient (Wildman–Crippen LogP) is 3.18. The predicted molar refractivity (Wildman–Crippen MR) is 58.3 cm³/mol. The van der Waals surface area contributed by atoms with Crippen molar-refractivity contribution in [2.45, 2.75) is 27.2 Å². The lowest BCUT2D eigenvalue weighted by atomic mass is 10.2. The Morgan fingerprint density at radius 1 is 1.21 bits per heavy atom. The molecule has 1 aromatic carbocycles. The van der Waals surface area contributed by atoms with Gasteiger partial charge < -0.3 is 4.74 Å². The maximum atomic E-state index is 8.25. The van der Waals surface area contributed by atoms with Gasteiger partial charge in [0.2, 0.25) is 0 Å². The van der Waals surface area contributed by atoms with Gasteiger partial charge in [-0.2, -0.15) is 5.26 Å². The molecule has 0 saturated carbocycles. The second-order valence-corrected chi connectivity index (χ2v) is 2.44. The Hall–Kier alpha value is -1.49. The van der Waals surface area contributed by atoms with Gasteiger partial charge in [-0.3, -0.25) is 0 Å². The van der Waals surface area contributed by atoms with Crippen molar-refractivity contribution in [2.75, 3.05) is 6.61 Å². The molecule has 0 atom stereocenters. The van der Waals surface area contributed by atoms with Gasteiger partial charge in [-0.05, 0) is 24.1 Å². The van der Waals surface area contributed by atoms with Crippen LogP contribution in [0.2, 0.25) is 0 Å². The van der Waals surface area contributed by atoms with Crippen LogP contribution in [0.5, 0.6) is 5.75 Å². The molecule has 0 N–H and O–H groups in total.